The van der Waals surface area contributed by atoms with E-state index in [0.29, 0.717) is 18.8 Å². The number of hydrogen-bond donors (Lipinski definition) is 2. The van der Waals surface area contributed by atoms with Gasteiger partial charge in [-0.2, -0.15) is 0 Å². The molecule has 0 spiro atoms. The molecule has 4 rings (SSSR count). The first-order valence-electron chi connectivity index (χ1n) is 7.74. The minimum Gasteiger partial charge on any atom is -0.508 e. The number of piperidine rings is 1. The maximum absolute atomic E-state index is 10.4. The van der Waals surface area contributed by atoms with Crippen LogP contribution in [0.15, 0.2) is 40.8 Å². The Hall–Kier alpha value is -2.04. The van der Waals surface area contributed by atoms with E-state index in [2.05, 4.69) is 4.90 Å². The predicted octanol–water partition coefficient (Wildman–Crippen LogP) is 3.25. The Labute approximate surface area is 128 Å². The van der Waals surface area contributed by atoms with E-state index in [0.717, 1.165) is 46.9 Å². The van der Waals surface area contributed by atoms with E-state index in [1.165, 1.54) is 0 Å². The van der Waals surface area contributed by atoms with E-state index in [1.54, 1.807) is 6.07 Å². The van der Waals surface area contributed by atoms with Crippen LogP contribution in [-0.2, 0) is 6.54 Å². The molecule has 0 radical (unpaired) electrons. The summed E-state index contributed by atoms with van der Waals surface area (Å²) in [5, 5.41) is 22.1. The molecule has 2 N–H and O–H groups in total. The molecule has 2 aromatic carbocycles. The third-order valence-corrected chi connectivity index (χ3v) is 4.45. The van der Waals surface area contributed by atoms with Gasteiger partial charge < -0.3 is 14.6 Å². The summed E-state index contributed by atoms with van der Waals surface area (Å²) in [6.45, 7) is 2.25. The van der Waals surface area contributed by atoms with Crippen molar-refractivity contribution in [2.75, 3.05) is 13.1 Å². The van der Waals surface area contributed by atoms with Gasteiger partial charge in [0.15, 0.2) is 0 Å². The summed E-state index contributed by atoms with van der Waals surface area (Å²) < 4.78 is 5.88. The molecule has 1 aliphatic heterocycles. The van der Waals surface area contributed by atoms with E-state index in [-0.39, 0.29) is 6.10 Å². The molecule has 0 bridgehead atoms. The molecule has 114 valence electrons. The molecule has 4 nitrogen and oxygen atoms in total. The zero-order valence-corrected chi connectivity index (χ0v) is 12.3. The highest BCUT2D eigenvalue weighted by Crippen LogP contribution is 2.34. The molecule has 0 aliphatic carbocycles. The normalized spacial score (nSPS) is 20.0. The van der Waals surface area contributed by atoms with Gasteiger partial charge >= 0.3 is 0 Å². The zero-order chi connectivity index (χ0) is 15.1. The van der Waals surface area contributed by atoms with Crippen molar-refractivity contribution in [3.8, 4) is 5.75 Å². The second-order valence-corrected chi connectivity index (χ2v) is 6.11. The number of fused-ring (bicyclic) bond motifs is 3. The smallest absolute Gasteiger partial charge is 0.136 e. The first-order valence-corrected chi connectivity index (χ1v) is 7.74. The quantitative estimate of drug-likeness (QED) is 0.762. The first-order chi connectivity index (χ1) is 10.7. The number of β-amino-alcohol motifs (C(OH)–C–C–N with tert-alkyl or cyclic N) is 1. The van der Waals surface area contributed by atoms with Gasteiger partial charge in [0.25, 0.3) is 0 Å². The van der Waals surface area contributed by atoms with Gasteiger partial charge in [-0.15, -0.1) is 0 Å². The van der Waals surface area contributed by atoms with Crippen molar-refractivity contribution in [1.82, 2.24) is 4.90 Å². The molecule has 0 amide bonds. The van der Waals surface area contributed by atoms with Gasteiger partial charge in [0.05, 0.1) is 6.10 Å². The maximum Gasteiger partial charge on any atom is 0.136 e. The number of aliphatic hydroxyl groups is 1. The minimum atomic E-state index is -0.258. The molecular weight excluding hydrogens is 278 g/mol. The van der Waals surface area contributed by atoms with Gasteiger partial charge in [-0.25, -0.2) is 0 Å². The number of likely N-dealkylation sites (tertiary alicyclic amines) is 1. The number of aliphatic hydroxyl groups excluding tert-OH is 1. The van der Waals surface area contributed by atoms with E-state index < -0.39 is 0 Å². The Morgan fingerprint density at radius 1 is 1.14 bits per heavy atom. The molecule has 2 heterocycles. The predicted molar refractivity (Wildman–Crippen MR) is 85.9 cm³/mol. The van der Waals surface area contributed by atoms with Crippen molar-refractivity contribution < 1.29 is 14.6 Å². The summed E-state index contributed by atoms with van der Waals surface area (Å²) in [5.74, 6) is 0.291. The molecule has 1 aromatic heterocycles. The van der Waals surface area contributed by atoms with Crippen molar-refractivity contribution in [2.24, 2.45) is 0 Å². The van der Waals surface area contributed by atoms with Crippen molar-refractivity contribution >= 4 is 21.9 Å². The number of hydrogen-bond acceptors (Lipinski definition) is 4. The summed E-state index contributed by atoms with van der Waals surface area (Å²) in [5.41, 5.74) is 2.48. The standard InChI is InChI=1S/C18H19NO3/c20-13-4-3-7-19(11-13)10-12-8-18-15(9-16(12)21)14-5-1-2-6-17(14)22-18/h1-2,5-6,8-9,13,20-21H,3-4,7,10-11H2. The highest BCUT2D eigenvalue weighted by atomic mass is 16.3. The third kappa shape index (κ3) is 2.34. The van der Waals surface area contributed by atoms with Crippen LogP contribution >= 0.6 is 0 Å². The van der Waals surface area contributed by atoms with E-state index in [9.17, 15) is 10.2 Å². The highest BCUT2D eigenvalue weighted by Gasteiger charge is 2.19. The van der Waals surface area contributed by atoms with Gasteiger partial charge in [-0.05, 0) is 37.6 Å². The van der Waals surface area contributed by atoms with Crippen LogP contribution in [0.4, 0.5) is 0 Å². The monoisotopic (exact) mass is 297 g/mol. The van der Waals surface area contributed by atoms with Crippen molar-refractivity contribution in [3.63, 3.8) is 0 Å². The highest BCUT2D eigenvalue weighted by molar-refractivity contribution is 6.05. The van der Waals surface area contributed by atoms with Gasteiger partial charge in [0.2, 0.25) is 0 Å². The molecular formula is C18H19NO3. The minimum absolute atomic E-state index is 0.258. The van der Waals surface area contributed by atoms with E-state index in [1.807, 2.05) is 30.3 Å². The molecule has 1 aliphatic rings. The number of aromatic hydroxyl groups is 1. The number of rotatable bonds is 2. The Balaban J connectivity index is 1.72. The lowest BCUT2D eigenvalue weighted by molar-refractivity contribution is 0.0664. The molecule has 1 fully saturated rings. The van der Waals surface area contributed by atoms with Gasteiger partial charge in [0.1, 0.15) is 16.9 Å². The lowest BCUT2D eigenvalue weighted by Gasteiger charge is -2.30. The van der Waals surface area contributed by atoms with Crippen LogP contribution in [0.25, 0.3) is 21.9 Å². The van der Waals surface area contributed by atoms with Gasteiger partial charge in [-0.1, -0.05) is 18.2 Å². The average Bonchev–Trinajstić information content (AvgIpc) is 2.85. The SMILES string of the molecule is Oc1cc2c(cc1CN1CCCC(O)C1)oc1ccccc12. The summed E-state index contributed by atoms with van der Waals surface area (Å²) >= 11 is 0. The van der Waals surface area contributed by atoms with Crippen LogP contribution < -0.4 is 0 Å². The van der Waals surface area contributed by atoms with E-state index >= 15 is 0 Å². The van der Waals surface area contributed by atoms with Crippen LogP contribution in [0, 0.1) is 0 Å². The first kappa shape index (κ1) is 13.6. The Kier molecular flexibility index (Phi) is 3.28. The van der Waals surface area contributed by atoms with Gasteiger partial charge in [-0.3, -0.25) is 4.90 Å². The molecule has 4 heteroatoms. The van der Waals surface area contributed by atoms with Crippen LogP contribution in [-0.4, -0.2) is 34.3 Å². The molecule has 0 saturated carbocycles. The summed E-state index contributed by atoms with van der Waals surface area (Å²) in [6, 6.07) is 11.6. The number of para-hydroxylation sites is 1. The number of nitrogens with zero attached hydrogens (tertiary/aromatic N) is 1. The molecule has 1 atom stereocenters. The molecule has 22 heavy (non-hydrogen) atoms. The number of phenols is 1. The molecule has 3 aromatic rings. The second-order valence-electron chi connectivity index (χ2n) is 6.11. The lowest BCUT2D eigenvalue weighted by Crippen LogP contribution is -2.37. The topological polar surface area (TPSA) is 56.8 Å². The Morgan fingerprint density at radius 3 is 2.86 bits per heavy atom. The fourth-order valence-corrected chi connectivity index (χ4v) is 3.34. The summed E-state index contributed by atoms with van der Waals surface area (Å²) in [4.78, 5) is 2.18. The fraction of sp³-hybridized carbons (Fsp3) is 0.333. The lowest BCUT2D eigenvalue weighted by atomic mass is 10.1. The largest absolute Gasteiger partial charge is 0.508 e. The summed E-state index contributed by atoms with van der Waals surface area (Å²) in [7, 11) is 0. The van der Waals surface area contributed by atoms with Crippen LogP contribution in [0.3, 0.4) is 0 Å². The Morgan fingerprint density at radius 2 is 2.00 bits per heavy atom. The zero-order valence-electron chi connectivity index (χ0n) is 12.3. The van der Waals surface area contributed by atoms with Crippen molar-refractivity contribution in [2.45, 2.75) is 25.5 Å². The molecule has 1 unspecified atom stereocenters. The molecule has 1 saturated heterocycles. The number of furan rings is 1. The van der Waals surface area contributed by atoms with E-state index in [4.69, 9.17) is 4.42 Å². The van der Waals surface area contributed by atoms with Crippen LogP contribution in [0.5, 0.6) is 5.75 Å². The number of benzene rings is 2. The average molecular weight is 297 g/mol. The third-order valence-electron chi connectivity index (χ3n) is 4.45. The Bertz CT molecular complexity index is 824. The number of phenolic OH excluding ortho intramolecular Hbond substituents is 1. The van der Waals surface area contributed by atoms with Crippen molar-refractivity contribution in [3.05, 3.63) is 42.0 Å². The van der Waals surface area contributed by atoms with Crippen LogP contribution in [0.1, 0.15) is 18.4 Å². The maximum atomic E-state index is 10.4. The fourth-order valence-electron chi connectivity index (χ4n) is 3.34. The van der Waals surface area contributed by atoms with Crippen molar-refractivity contribution in [1.29, 1.82) is 0 Å². The summed E-state index contributed by atoms with van der Waals surface area (Å²) in [6.07, 6.45) is 1.60. The van der Waals surface area contributed by atoms with Crippen LogP contribution in [0.2, 0.25) is 0 Å². The second kappa shape index (κ2) is 5.30. The van der Waals surface area contributed by atoms with Gasteiger partial charge in [0, 0.05) is 29.4 Å².